The molecular formula is C23H23F3N2O. The molecule has 2 aromatic carbocycles. The van der Waals surface area contributed by atoms with E-state index < -0.39 is 23.7 Å². The van der Waals surface area contributed by atoms with Gasteiger partial charge >= 0.3 is 6.18 Å². The molecule has 1 aliphatic heterocycles. The van der Waals surface area contributed by atoms with E-state index in [1.54, 1.807) is 6.07 Å². The number of alkyl halides is 3. The van der Waals surface area contributed by atoms with Gasteiger partial charge in [0, 0.05) is 12.1 Å². The molecule has 1 N–H and O–H groups in total. The molecule has 1 heterocycles. The second-order valence-electron chi connectivity index (χ2n) is 8.79. The Morgan fingerprint density at radius 1 is 1.10 bits per heavy atom. The third-order valence-corrected chi connectivity index (χ3v) is 5.68. The molecule has 2 atom stereocenters. The summed E-state index contributed by atoms with van der Waals surface area (Å²) in [6.45, 7) is 5.91. The van der Waals surface area contributed by atoms with Gasteiger partial charge in [-0.15, -0.1) is 0 Å². The molecule has 3 nitrogen and oxygen atoms in total. The van der Waals surface area contributed by atoms with Crippen LogP contribution in [0.3, 0.4) is 0 Å². The minimum absolute atomic E-state index is 0.0704. The number of aliphatic imine (C=N–C) groups is 1. The smallest absolute Gasteiger partial charge is 0.375 e. The van der Waals surface area contributed by atoms with Crippen LogP contribution in [0.4, 0.5) is 24.5 Å². The molecule has 1 fully saturated rings. The molecule has 0 radical (unpaired) electrons. The van der Waals surface area contributed by atoms with Gasteiger partial charge in [-0.05, 0) is 48.1 Å². The summed E-state index contributed by atoms with van der Waals surface area (Å²) in [5, 5.41) is 3.25. The molecule has 0 aromatic heterocycles. The zero-order valence-electron chi connectivity index (χ0n) is 16.6. The van der Waals surface area contributed by atoms with Crippen LogP contribution in [0.1, 0.15) is 49.4 Å². The highest BCUT2D eigenvalue weighted by Gasteiger charge is 2.46. The van der Waals surface area contributed by atoms with Gasteiger partial charge in [0.05, 0.1) is 28.9 Å². The highest BCUT2D eigenvalue weighted by Crippen LogP contribution is 2.47. The number of anilines is 1. The number of ketones is 1. The number of benzene rings is 2. The lowest BCUT2D eigenvalue weighted by molar-refractivity contribution is -0.138. The number of nitrogens with zero attached hydrogens (tertiary/aromatic N) is 1. The van der Waals surface area contributed by atoms with Crippen molar-refractivity contribution < 1.29 is 18.0 Å². The summed E-state index contributed by atoms with van der Waals surface area (Å²) >= 11 is 0. The quantitative estimate of drug-likeness (QED) is 0.614. The Bertz CT molecular complexity index is 1010. The number of hydrogen-bond acceptors (Lipinski definition) is 3. The van der Waals surface area contributed by atoms with E-state index in [1.807, 2.05) is 39.0 Å². The molecule has 6 heteroatoms. The van der Waals surface area contributed by atoms with Crippen molar-refractivity contribution in [1.29, 1.82) is 0 Å². The topological polar surface area (TPSA) is 41.5 Å². The largest absolute Gasteiger partial charge is 0.416 e. The molecule has 0 amide bonds. The Hall–Kier alpha value is -2.63. The van der Waals surface area contributed by atoms with Crippen molar-refractivity contribution in [1.82, 2.24) is 0 Å². The molecule has 4 rings (SSSR count). The Labute approximate surface area is 168 Å². The number of carbonyl (C=O) groups excluding carboxylic acids is 1. The van der Waals surface area contributed by atoms with Gasteiger partial charge in [0.15, 0.2) is 0 Å². The van der Waals surface area contributed by atoms with Crippen LogP contribution in [-0.4, -0.2) is 11.5 Å². The van der Waals surface area contributed by atoms with E-state index in [4.69, 9.17) is 4.99 Å². The van der Waals surface area contributed by atoms with E-state index in [0.29, 0.717) is 29.9 Å². The second kappa shape index (κ2) is 6.71. The summed E-state index contributed by atoms with van der Waals surface area (Å²) in [6.07, 6.45) is -3.62. The van der Waals surface area contributed by atoms with E-state index in [-0.39, 0.29) is 16.8 Å². The van der Waals surface area contributed by atoms with Crippen LogP contribution in [0, 0.1) is 18.3 Å². The average molecular weight is 400 g/mol. The Morgan fingerprint density at radius 2 is 1.83 bits per heavy atom. The van der Waals surface area contributed by atoms with Crippen molar-refractivity contribution in [2.45, 2.75) is 45.8 Å². The fourth-order valence-electron chi connectivity index (χ4n) is 4.47. The molecule has 2 aliphatic rings. The predicted molar refractivity (Wildman–Crippen MR) is 108 cm³/mol. The van der Waals surface area contributed by atoms with Gasteiger partial charge in [-0.25, -0.2) is 0 Å². The van der Waals surface area contributed by atoms with E-state index in [2.05, 4.69) is 5.32 Å². The van der Waals surface area contributed by atoms with Crippen LogP contribution in [-0.2, 0) is 11.0 Å². The summed E-state index contributed by atoms with van der Waals surface area (Å²) in [4.78, 5) is 17.9. The normalized spacial score (nSPS) is 23.4. The molecule has 0 bridgehead atoms. The molecule has 152 valence electrons. The molecule has 0 saturated heterocycles. The minimum Gasteiger partial charge on any atom is -0.375 e. The molecule has 29 heavy (non-hydrogen) atoms. The second-order valence-corrected chi connectivity index (χ2v) is 8.79. The zero-order chi connectivity index (χ0) is 21.0. The van der Waals surface area contributed by atoms with Crippen molar-refractivity contribution in [3.05, 3.63) is 59.2 Å². The number of hydrogen-bond donors (Lipinski definition) is 1. The summed E-state index contributed by atoms with van der Waals surface area (Å²) in [6, 6.07) is 10.3. The van der Waals surface area contributed by atoms with Crippen LogP contribution in [0.2, 0.25) is 0 Å². The first-order valence-electron chi connectivity index (χ1n) is 9.69. The minimum atomic E-state index is -4.51. The maximum Gasteiger partial charge on any atom is 0.416 e. The number of fused-ring (bicyclic) bond motifs is 2. The number of halogens is 3. The first-order chi connectivity index (χ1) is 13.5. The van der Waals surface area contributed by atoms with Crippen LogP contribution in [0.15, 0.2) is 47.5 Å². The number of carbonyl (C=O) groups is 1. The fourth-order valence-corrected chi connectivity index (χ4v) is 4.47. The molecule has 1 aliphatic carbocycles. The van der Waals surface area contributed by atoms with E-state index in [9.17, 15) is 18.0 Å². The lowest BCUT2D eigenvalue weighted by Crippen LogP contribution is -2.42. The lowest BCUT2D eigenvalue weighted by Gasteiger charge is -2.38. The summed E-state index contributed by atoms with van der Waals surface area (Å²) < 4.78 is 41.3. The number of aryl methyl sites for hydroxylation is 1. The molecule has 0 spiro atoms. The van der Waals surface area contributed by atoms with Crippen LogP contribution >= 0.6 is 0 Å². The van der Waals surface area contributed by atoms with E-state index in [1.165, 1.54) is 12.1 Å². The lowest BCUT2D eigenvalue weighted by atomic mass is 9.68. The van der Waals surface area contributed by atoms with Gasteiger partial charge < -0.3 is 5.32 Å². The zero-order valence-corrected chi connectivity index (χ0v) is 16.6. The fraction of sp³-hybridized carbons (Fsp3) is 0.391. The van der Waals surface area contributed by atoms with Crippen molar-refractivity contribution in [2.24, 2.45) is 16.3 Å². The van der Waals surface area contributed by atoms with Gasteiger partial charge in [-0.2, -0.15) is 13.2 Å². The molecule has 2 aromatic rings. The maximum absolute atomic E-state index is 13.8. The van der Waals surface area contributed by atoms with Gasteiger partial charge in [0.2, 0.25) is 0 Å². The van der Waals surface area contributed by atoms with Gasteiger partial charge in [-0.1, -0.05) is 38.1 Å². The predicted octanol–water partition coefficient (Wildman–Crippen LogP) is 6.26. The Morgan fingerprint density at radius 3 is 2.55 bits per heavy atom. The third-order valence-electron chi connectivity index (χ3n) is 5.68. The first-order valence-corrected chi connectivity index (χ1v) is 9.69. The average Bonchev–Trinajstić information content (AvgIpc) is 2.76. The monoisotopic (exact) mass is 400 g/mol. The van der Waals surface area contributed by atoms with Crippen molar-refractivity contribution >= 4 is 22.9 Å². The van der Waals surface area contributed by atoms with Gasteiger partial charge in [-0.3, -0.25) is 9.79 Å². The van der Waals surface area contributed by atoms with E-state index >= 15 is 0 Å². The third kappa shape index (κ3) is 3.68. The Kier molecular flexibility index (Phi) is 4.56. The van der Waals surface area contributed by atoms with Crippen molar-refractivity contribution in [3.63, 3.8) is 0 Å². The number of rotatable bonds is 1. The summed E-state index contributed by atoms with van der Waals surface area (Å²) in [5.41, 5.74) is 2.04. The number of nitrogens with one attached hydrogen (secondary N) is 1. The van der Waals surface area contributed by atoms with Gasteiger partial charge in [0.1, 0.15) is 5.78 Å². The summed E-state index contributed by atoms with van der Waals surface area (Å²) in [7, 11) is 0. The molecular weight excluding hydrogens is 377 g/mol. The molecule has 2 unspecified atom stereocenters. The van der Waals surface area contributed by atoms with E-state index in [0.717, 1.165) is 11.6 Å². The highest BCUT2D eigenvalue weighted by molar-refractivity contribution is 6.10. The molecule has 1 saturated carbocycles. The number of Topliss-reactive ketones (excluding diaryl/α,β-unsaturated/α-hetero) is 1. The van der Waals surface area contributed by atoms with Crippen LogP contribution in [0.5, 0.6) is 0 Å². The Balaban J connectivity index is 1.93. The first kappa shape index (κ1) is 19.7. The van der Waals surface area contributed by atoms with Crippen molar-refractivity contribution in [2.75, 3.05) is 5.32 Å². The summed E-state index contributed by atoms with van der Waals surface area (Å²) in [5.74, 6) is -0.793. The highest BCUT2D eigenvalue weighted by atomic mass is 19.4. The van der Waals surface area contributed by atoms with Crippen LogP contribution < -0.4 is 5.32 Å². The van der Waals surface area contributed by atoms with Crippen molar-refractivity contribution in [3.8, 4) is 0 Å². The van der Waals surface area contributed by atoms with Gasteiger partial charge in [0.25, 0.3) is 0 Å². The maximum atomic E-state index is 13.8. The SMILES string of the molecule is Cc1ccc2c(c1)NC(c1ccccc1C(F)(F)F)C1C(=O)CC(C)(C)CC1=N2. The van der Waals surface area contributed by atoms with Crippen LogP contribution in [0.25, 0.3) is 0 Å². The standard InChI is InChI=1S/C23H23F3N2O/c1-13-8-9-16-17(10-13)28-21(14-6-4-5-7-15(14)23(24,25)26)20-18(27-16)11-22(2,3)12-19(20)29/h4-10,20-21,28H,11-12H2,1-3H3.